The summed E-state index contributed by atoms with van der Waals surface area (Å²) >= 11 is 4.88. The number of nitrogens with zero attached hydrogens (tertiary/aromatic N) is 3. The Morgan fingerprint density at radius 1 is 0.914 bits per heavy atom. The molecule has 3 aromatic carbocycles. The minimum Gasteiger partial charge on any atom is -0.508 e. The molecule has 172 valence electrons. The number of amides is 1. The summed E-state index contributed by atoms with van der Waals surface area (Å²) in [5.41, 5.74) is 2.41. The van der Waals surface area contributed by atoms with Crippen molar-refractivity contribution in [3.8, 4) is 5.75 Å². The van der Waals surface area contributed by atoms with E-state index in [1.807, 2.05) is 48.5 Å². The standard InChI is InChI=1S/C26H18BrN5O2S/c27-17-4-1-5-18(13-17)31-26(34)16-9-10-23(35-20-7-2-6-19(33)14-20)22(12-16)32-25-21-8-3-11-28-24(21)29-15-30-25/h1-15,33H,(H,31,34)(H,28,29,30,32). The summed E-state index contributed by atoms with van der Waals surface area (Å²) < 4.78 is 0.875. The highest BCUT2D eigenvalue weighted by Crippen LogP contribution is 2.37. The zero-order valence-electron chi connectivity index (χ0n) is 18.1. The molecule has 0 atom stereocenters. The Kier molecular flexibility index (Phi) is 6.60. The zero-order valence-corrected chi connectivity index (χ0v) is 20.5. The summed E-state index contributed by atoms with van der Waals surface area (Å²) in [6, 6.07) is 23.5. The van der Waals surface area contributed by atoms with E-state index in [9.17, 15) is 9.90 Å². The van der Waals surface area contributed by atoms with Gasteiger partial charge in [-0.3, -0.25) is 4.79 Å². The third-order valence-electron chi connectivity index (χ3n) is 5.03. The molecule has 9 heteroatoms. The van der Waals surface area contributed by atoms with Crippen molar-refractivity contribution >= 4 is 61.8 Å². The number of aromatic nitrogens is 3. The summed E-state index contributed by atoms with van der Waals surface area (Å²) in [5.74, 6) is 0.516. The zero-order chi connectivity index (χ0) is 24.2. The quantitative estimate of drug-likeness (QED) is 0.220. The second kappa shape index (κ2) is 10.1. The van der Waals surface area contributed by atoms with E-state index in [0.29, 0.717) is 28.4 Å². The summed E-state index contributed by atoms with van der Waals surface area (Å²) in [4.78, 5) is 27.6. The van der Waals surface area contributed by atoms with Crippen molar-refractivity contribution in [2.75, 3.05) is 10.6 Å². The highest BCUT2D eigenvalue weighted by molar-refractivity contribution is 9.10. The Balaban J connectivity index is 1.52. The molecule has 0 unspecified atom stereocenters. The van der Waals surface area contributed by atoms with E-state index in [1.165, 1.54) is 18.1 Å². The van der Waals surface area contributed by atoms with Crippen molar-refractivity contribution in [2.24, 2.45) is 0 Å². The lowest BCUT2D eigenvalue weighted by molar-refractivity contribution is 0.102. The first-order valence-corrected chi connectivity index (χ1v) is 12.2. The lowest BCUT2D eigenvalue weighted by atomic mass is 10.1. The van der Waals surface area contributed by atoms with Crippen molar-refractivity contribution in [1.82, 2.24) is 15.0 Å². The molecule has 0 aliphatic heterocycles. The monoisotopic (exact) mass is 543 g/mol. The van der Waals surface area contributed by atoms with Gasteiger partial charge in [-0.1, -0.05) is 39.8 Å². The maximum Gasteiger partial charge on any atom is 0.255 e. The number of halogens is 1. The van der Waals surface area contributed by atoms with Crippen molar-refractivity contribution < 1.29 is 9.90 Å². The van der Waals surface area contributed by atoms with Crippen LogP contribution in [0.4, 0.5) is 17.2 Å². The van der Waals surface area contributed by atoms with Crippen LogP contribution >= 0.6 is 27.7 Å². The number of pyridine rings is 1. The van der Waals surface area contributed by atoms with Gasteiger partial charge in [-0.2, -0.15) is 0 Å². The van der Waals surface area contributed by atoms with Gasteiger partial charge in [0.15, 0.2) is 5.65 Å². The number of aromatic hydroxyl groups is 1. The average molecular weight is 544 g/mol. The van der Waals surface area contributed by atoms with E-state index >= 15 is 0 Å². The SMILES string of the molecule is O=C(Nc1cccc(Br)c1)c1ccc(Sc2cccc(O)c2)c(Nc2ncnc3ncccc23)c1. The Bertz CT molecular complexity index is 1540. The number of nitrogens with one attached hydrogen (secondary N) is 2. The van der Waals surface area contributed by atoms with Crippen LogP contribution in [0.1, 0.15) is 10.4 Å². The van der Waals surface area contributed by atoms with Gasteiger partial charge < -0.3 is 15.7 Å². The Morgan fingerprint density at radius 2 is 1.80 bits per heavy atom. The topological polar surface area (TPSA) is 100 Å². The fraction of sp³-hybridized carbons (Fsp3) is 0. The molecule has 35 heavy (non-hydrogen) atoms. The van der Waals surface area contributed by atoms with Gasteiger partial charge in [0.1, 0.15) is 17.9 Å². The number of hydrogen-bond acceptors (Lipinski definition) is 7. The normalized spacial score (nSPS) is 10.8. The number of hydrogen-bond donors (Lipinski definition) is 3. The second-order valence-corrected chi connectivity index (χ2v) is 9.53. The minimum atomic E-state index is -0.241. The molecule has 0 radical (unpaired) electrons. The number of phenolic OH excluding ortho intramolecular Hbond substituents is 1. The van der Waals surface area contributed by atoms with Crippen LogP contribution < -0.4 is 10.6 Å². The Morgan fingerprint density at radius 3 is 2.66 bits per heavy atom. The molecule has 7 nitrogen and oxygen atoms in total. The van der Waals surface area contributed by atoms with E-state index in [1.54, 1.807) is 36.5 Å². The molecule has 2 heterocycles. The van der Waals surface area contributed by atoms with Gasteiger partial charge in [-0.05, 0) is 66.7 Å². The molecule has 1 amide bonds. The van der Waals surface area contributed by atoms with Gasteiger partial charge in [0.25, 0.3) is 5.91 Å². The molecule has 0 aliphatic rings. The summed E-state index contributed by atoms with van der Waals surface area (Å²) in [6.45, 7) is 0. The van der Waals surface area contributed by atoms with Crippen LogP contribution in [0.2, 0.25) is 0 Å². The van der Waals surface area contributed by atoms with E-state index in [-0.39, 0.29) is 11.7 Å². The van der Waals surface area contributed by atoms with E-state index < -0.39 is 0 Å². The smallest absolute Gasteiger partial charge is 0.255 e. The fourth-order valence-corrected chi connectivity index (χ4v) is 4.76. The maximum absolute atomic E-state index is 13.0. The molecule has 0 saturated heterocycles. The Hall–Kier alpha value is -3.95. The van der Waals surface area contributed by atoms with E-state index in [4.69, 9.17) is 0 Å². The highest BCUT2D eigenvalue weighted by Gasteiger charge is 2.14. The number of benzene rings is 3. The lowest BCUT2D eigenvalue weighted by Crippen LogP contribution is -2.12. The van der Waals surface area contributed by atoms with E-state index in [0.717, 1.165) is 19.6 Å². The number of carbonyl (C=O) groups is 1. The lowest BCUT2D eigenvalue weighted by Gasteiger charge is -2.14. The van der Waals surface area contributed by atoms with Crippen LogP contribution in [0.25, 0.3) is 11.0 Å². The molecule has 0 fully saturated rings. The van der Waals surface area contributed by atoms with Gasteiger partial charge in [0, 0.05) is 31.7 Å². The molecule has 5 aromatic rings. The van der Waals surface area contributed by atoms with Gasteiger partial charge in [-0.15, -0.1) is 0 Å². The first kappa shape index (κ1) is 22.8. The highest BCUT2D eigenvalue weighted by atomic mass is 79.9. The summed E-state index contributed by atoms with van der Waals surface area (Å²) in [5, 5.41) is 16.9. The molecule has 0 spiro atoms. The molecular formula is C26H18BrN5O2S. The van der Waals surface area contributed by atoms with Crippen LogP contribution in [-0.4, -0.2) is 26.0 Å². The van der Waals surface area contributed by atoms with Crippen LogP contribution in [-0.2, 0) is 0 Å². The summed E-state index contributed by atoms with van der Waals surface area (Å²) in [7, 11) is 0. The number of carbonyl (C=O) groups excluding carboxylic acids is 1. The fourth-order valence-electron chi connectivity index (χ4n) is 3.42. The maximum atomic E-state index is 13.0. The molecule has 3 N–H and O–H groups in total. The van der Waals surface area contributed by atoms with Crippen molar-refractivity contribution in [2.45, 2.75) is 9.79 Å². The van der Waals surface area contributed by atoms with Gasteiger partial charge >= 0.3 is 0 Å². The van der Waals surface area contributed by atoms with Crippen molar-refractivity contribution in [3.63, 3.8) is 0 Å². The second-order valence-electron chi connectivity index (χ2n) is 7.50. The van der Waals surface area contributed by atoms with Gasteiger partial charge in [0.05, 0.1) is 11.1 Å². The molecule has 0 saturated carbocycles. The van der Waals surface area contributed by atoms with Crippen molar-refractivity contribution in [1.29, 1.82) is 0 Å². The largest absolute Gasteiger partial charge is 0.508 e. The average Bonchev–Trinajstić information content (AvgIpc) is 2.85. The predicted octanol–water partition coefficient (Wildman–Crippen LogP) is 6.64. The van der Waals surface area contributed by atoms with Gasteiger partial charge in [-0.25, -0.2) is 15.0 Å². The van der Waals surface area contributed by atoms with Crippen LogP contribution in [0.3, 0.4) is 0 Å². The van der Waals surface area contributed by atoms with Crippen molar-refractivity contribution in [3.05, 3.63) is 101 Å². The molecule has 5 rings (SSSR count). The number of phenols is 1. The number of rotatable bonds is 6. The molecule has 0 aliphatic carbocycles. The predicted molar refractivity (Wildman–Crippen MR) is 141 cm³/mol. The molecular weight excluding hydrogens is 526 g/mol. The third-order valence-corrected chi connectivity index (χ3v) is 6.59. The molecule has 0 bridgehead atoms. The van der Waals surface area contributed by atoms with Crippen LogP contribution in [0.5, 0.6) is 5.75 Å². The number of anilines is 3. The first-order chi connectivity index (χ1) is 17.0. The van der Waals surface area contributed by atoms with Crippen LogP contribution in [0.15, 0.2) is 106 Å². The third kappa shape index (κ3) is 5.42. The van der Waals surface area contributed by atoms with Crippen LogP contribution in [0, 0.1) is 0 Å². The number of fused-ring (bicyclic) bond motifs is 1. The first-order valence-electron chi connectivity index (χ1n) is 10.6. The Labute approximate surface area is 213 Å². The molecule has 2 aromatic heterocycles. The van der Waals surface area contributed by atoms with Gasteiger partial charge in [0.2, 0.25) is 0 Å². The minimum absolute atomic E-state index is 0.183. The van der Waals surface area contributed by atoms with E-state index in [2.05, 4.69) is 41.5 Å². The summed E-state index contributed by atoms with van der Waals surface area (Å²) in [6.07, 6.45) is 3.12.